The molecule has 1 aromatic rings. The minimum atomic E-state index is 0.0434. The van der Waals surface area contributed by atoms with Crippen LogP contribution in [0.4, 0.5) is 0 Å². The largest absolute Gasteiger partial charge is 0.353 e. The maximum absolute atomic E-state index is 11.5. The van der Waals surface area contributed by atoms with Crippen LogP contribution in [0.2, 0.25) is 0 Å². The molecule has 0 aliphatic heterocycles. The topological polar surface area (TPSA) is 59.0 Å². The molecule has 0 fully saturated rings. The summed E-state index contributed by atoms with van der Waals surface area (Å²) < 4.78 is 1.75. The van der Waals surface area contributed by atoms with Gasteiger partial charge < -0.3 is 10.6 Å². The van der Waals surface area contributed by atoms with Gasteiger partial charge in [0.15, 0.2) is 0 Å². The van der Waals surface area contributed by atoms with Crippen molar-refractivity contribution in [1.29, 1.82) is 0 Å². The zero-order valence-electron chi connectivity index (χ0n) is 10.9. The van der Waals surface area contributed by atoms with Gasteiger partial charge in [-0.15, -0.1) is 0 Å². The van der Waals surface area contributed by atoms with Gasteiger partial charge in [-0.2, -0.15) is 5.10 Å². The van der Waals surface area contributed by atoms with E-state index in [1.54, 1.807) is 4.68 Å². The summed E-state index contributed by atoms with van der Waals surface area (Å²) in [4.78, 5) is 11.5. The van der Waals surface area contributed by atoms with E-state index in [4.69, 9.17) is 0 Å². The fourth-order valence-corrected chi connectivity index (χ4v) is 1.69. The molecule has 1 rings (SSSR count). The number of aromatic nitrogens is 2. The van der Waals surface area contributed by atoms with E-state index in [1.807, 2.05) is 26.2 Å². The summed E-state index contributed by atoms with van der Waals surface area (Å²) in [5.74, 6) is 0.0434. The van der Waals surface area contributed by atoms with E-state index in [2.05, 4.69) is 22.7 Å². The lowest BCUT2D eigenvalue weighted by Crippen LogP contribution is -2.38. The third-order valence-corrected chi connectivity index (χ3v) is 2.49. The third-order valence-electron chi connectivity index (χ3n) is 2.49. The first kappa shape index (κ1) is 13.7. The standard InChI is InChI=1S/C12H22N4O/c1-4-5-10(2)14-12(17)9-13-8-11-6-7-16(3)15-11/h6-7,10,13H,4-5,8-9H2,1-3H3,(H,14,17). The molecular weight excluding hydrogens is 216 g/mol. The second-order valence-electron chi connectivity index (χ2n) is 4.34. The monoisotopic (exact) mass is 238 g/mol. The minimum absolute atomic E-state index is 0.0434. The van der Waals surface area contributed by atoms with E-state index in [0.29, 0.717) is 13.1 Å². The van der Waals surface area contributed by atoms with E-state index >= 15 is 0 Å². The minimum Gasteiger partial charge on any atom is -0.353 e. The number of carbonyl (C=O) groups is 1. The van der Waals surface area contributed by atoms with Crippen molar-refractivity contribution in [2.75, 3.05) is 6.54 Å². The molecule has 0 spiro atoms. The Labute approximate surface area is 103 Å². The summed E-state index contributed by atoms with van der Waals surface area (Å²) in [6.07, 6.45) is 4.00. The van der Waals surface area contributed by atoms with Gasteiger partial charge in [-0.25, -0.2) is 0 Å². The van der Waals surface area contributed by atoms with Crippen LogP contribution in [0, 0.1) is 0 Å². The van der Waals surface area contributed by atoms with Crippen LogP contribution >= 0.6 is 0 Å². The highest BCUT2D eigenvalue weighted by Gasteiger charge is 2.06. The number of nitrogens with one attached hydrogen (secondary N) is 2. The highest BCUT2D eigenvalue weighted by atomic mass is 16.1. The Morgan fingerprint density at radius 2 is 2.35 bits per heavy atom. The number of carbonyl (C=O) groups excluding carboxylic acids is 1. The van der Waals surface area contributed by atoms with E-state index in [1.165, 1.54) is 0 Å². The van der Waals surface area contributed by atoms with Gasteiger partial charge in [-0.05, 0) is 19.4 Å². The predicted molar refractivity (Wildman–Crippen MR) is 67.4 cm³/mol. The first-order valence-electron chi connectivity index (χ1n) is 6.10. The van der Waals surface area contributed by atoms with Crippen molar-refractivity contribution in [1.82, 2.24) is 20.4 Å². The lowest BCUT2D eigenvalue weighted by molar-refractivity contribution is -0.120. The molecule has 0 aromatic carbocycles. The number of nitrogens with zero attached hydrogens (tertiary/aromatic N) is 2. The van der Waals surface area contributed by atoms with Crippen LogP contribution in [0.5, 0.6) is 0 Å². The quantitative estimate of drug-likeness (QED) is 0.739. The number of hydrogen-bond donors (Lipinski definition) is 2. The molecule has 0 bridgehead atoms. The maximum atomic E-state index is 11.5. The van der Waals surface area contributed by atoms with Crippen molar-refractivity contribution in [3.8, 4) is 0 Å². The van der Waals surface area contributed by atoms with Crippen molar-refractivity contribution < 1.29 is 4.79 Å². The number of amides is 1. The van der Waals surface area contributed by atoms with Crippen molar-refractivity contribution in [3.63, 3.8) is 0 Å². The van der Waals surface area contributed by atoms with Gasteiger partial charge in [0.2, 0.25) is 5.91 Å². The smallest absolute Gasteiger partial charge is 0.234 e. The Balaban J connectivity index is 2.16. The Bertz CT molecular complexity index is 348. The molecule has 1 heterocycles. The lowest BCUT2D eigenvalue weighted by atomic mass is 10.2. The van der Waals surface area contributed by atoms with E-state index in [0.717, 1.165) is 18.5 Å². The molecule has 17 heavy (non-hydrogen) atoms. The van der Waals surface area contributed by atoms with Crippen LogP contribution in [-0.4, -0.2) is 28.3 Å². The highest BCUT2D eigenvalue weighted by molar-refractivity contribution is 5.78. The number of aryl methyl sites for hydroxylation is 1. The highest BCUT2D eigenvalue weighted by Crippen LogP contribution is 1.94. The molecule has 0 aliphatic carbocycles. The van der Waals surface area contributed by atoms with E-state index in [9.17, 15) is 4.79 Å². The molecule has 1 unspecified atom stereocenters. The summed E-state index contributed by atoms with van der Waals surface area (Å²) in [6, 6.07) is 2.19. The molecule has 0 saturated heterocycles. The summed E-state index contributed by atoms with van der Waals surface area (Å²) in [6.45, 7) is 5.10. The molecule has 5 nitrogen and oxygen atoms in total. The second-order valence-corrected chi connectivity index (χ2v) is 4.34. The average molecular weight is 238 g/mol. The Hall–Kier alpha value is -1.36. The normalized spacial score (nSPS) is 12.4. The SMILES string of the molecule is CCCC(C)NC(=O)CNCc1ccn(C)n1. The molecule has 1 aromatic heterocycles. The molecule has 0 aliphatic rings. The molecule has 2 N–H and O–H groups in total. The van der Waals surface area contributed by atoms with Gasteiger partial charge in [0.1, 0.15) is 0 Å². The van der Waals surface area contributed by atoms with Crippen LogP contribution in [-0.2, 0) is 18.4 Å². The van der Waals surface area contributed by atoms with Gasteiger partial charge in [0.25, 0.3) is 0 Å². The summed E-state index contributed by atoms with van der Waals surface area (Å²) in [5, 5.41) is 10.2. The van der Waals surface area contributed by atoms with Gasteiger partial charge in [0.05, 0.1) is 12.2 Å². The van der Waals surface area contributed by atoms with Gasteiger partial charge in [0, 0.05) is 25.8 Å². The Morgan fingerprint density at radius 1 is 1.59 bits per heavy atom. The average Bonchev–Trinajstić information content (AvgIpc) is 2.64. The molecule has 1 amide bonds. The van der Waals surface area contributed by atoms with Crippen molar-refractivity contribution in [2.24, 2.45) is 7.05 Å². The van der Waals surface area contributed by atoms with Crippen molar-refractivity contribution >= 4 is 5.91 Å². The summed E-state index contributed by atoms with van der Waals surface area (Å²) in [5.41, 5.74) is 0.946. The fourth-order valence-electron chi connectivity index (χ4n) is 1.69. The first-order chi connectivity index (χ1) is 8.11. The van der Waals surface area contributed by atoms with Crippen molar-refractivity contribution in [2.45, 2.75) is 39.3 Å². The van der Waals surface area contributed by atoms with Crippen molar-refractivity contribution in [3.05, 3.63) is 18.0 Å². The van der Waals surface area contributed by atoms with E-state index in [-0.39, 0.29) is 11.9 Å². The molecular formula is C12H22N4O. The predicted octanol–water partition coefficient (Wildman–Crippen LogP) is 0.814. The maximum Gasteiger partial charge on any atom is 0.234 e. The number of hydrogen-bond acceptors (Lipinski definition) is 3. The van der Waals surface area contributed by atoms with Crippen LogP contribution < -0.4 is 10.6 Å². The zero-order chi connectivity index (χ0) is 12.7. The first-order valence-corrected chi connectivity index (χ1v) is 6.10. The van der Waals surface area contributed by atoms with Gasteiger partial charge >= 0.3 is 0 Å². The van der Waals surface area contributed by atoms with Crippen LogP contribution in [0.1, 0.15) is 32.4 Å². The Morgan fingerprint density at radius 3 is 2.94 bits per heavy atom. The molecule has 0 radical (unpaired) electrons. The summed E-state index contributed by atoms with van der Waals surface area (Å²) in [7, 11) is 1.88. The van der Waals surface area contributed by atoms with Crippen LogP contribution in [0.15, 0.2) is 12.3 Å². The summed E-state index contributed by atoms with van der Waals surface area (Å²) >= 11 is 0. The lowest BCUT2D eigenvalue weighted by Gasteiger charge is -2.12. The number of rotatable bonds is 7. The fraction of sp³-hybridized carbons (Fsp3) is 0.667. The van der Waals surface area contributed by atoms with E-state index < -0.39 is 0 Å². The molecule has 96 valence electrons. The molecule has 1 atom stereocenters. The van der Waals surface area contributed by atoms with Crippen LogP contribution in [0.3, 0.4) is 0 Å². The Kier molecular flexibility index (Phi) is 5.69. The zero-order valence-corrected chi connectivity index (χ0v) is 10.9. The van der Waals surface area contributed by atoms with Gasteiger partial charge in [-0.3, -0.25) is 9.48 Å². The molecule has 5 heteroatoms. The van der Waals surface area contributed by atoms with Gasteiger partial charge in [-0.1, -0.05) is 13.3 Å². The molecule has 0 saturated carbocycles. The van der Waals surface area contributed by atoms with Crippen LogP contribution in [0.25, 0.3) is 0 Å². The third kappa shape index (κ3) is 5.49. The second kappa shape index (κ2) is 7.06.